The number of ether oxygens (including phenoxy) is 1. The first-order chi connectivity index (χ1) is 8.09. The van der Waals surface area contributed by atoms with Crippen molar-refractivity contribution in [3.8, 4) is 5.75 Å². The van der Waals surface area contributed by atoms with Crippen LogP contribution in [0, 0.1) is 0 Å². The zero-order valence-corrected chi connectivity index (χ0v) is 10.7. The Labute approximate surface area is 102 Å². The van der Waals surface area contributed by atoms with Crippen molar-refractivity contribution in [1.29, 1.82) is 0 Å². The van der Waals surface area contributed by atoms with Crippen molar-refractivity contribution in [2.24, 2.45) is 0 Å². The summed E-state index contributed by atoms with van der Waals surface area (Å²) in [4.78, 5) is 0. The van der Waals surface area contributed by atoms with E-state index in [4.69, 9.17) is 4.74 Å². The molecular weight excluding hydrogens is 238 g/mol. The van der Waals surface area contributed by atoms with Crippen molar-refractivity contribution in [3.05, 3.63) is 29.8 Å². The molecule has 1 aliphatic rings. The SMILES string of the molecule is COc1cccc(C[NH2+][C@@H]2CCS(=O)(=O)C2)c1. The summed E-state index contributed by atoms with van der Waals surface area (Å²) in [6, 6.07) is 8.09. The van der Waals surface area contributed by atoms with Crippen LogP contribution in [0.5, 0.6) is 5.75 Å². The standard InChI is InChI=1S/C12H17NO3S/c1-16-12-4-2-3-10(7-12)8-13-11-5-6-17(14,15)9-11/h2-4,7,11,13H,5-6,8-9H2,1H3/p+1/t11-/m1/s1. The van der Waals surface area contributed by atoms with E-state index in [1.165, 1.54) is 0 Å². The summed E-state index contributed by atoms with van der Waals surface area (Å²) in [5, 5.41) is 2.11. The fraction of sp³-hybridized carbons (Fsp3) is 0.500. The molecule has 1 aliphatic heterocycles. The maximum Gasteiger partial charge on any atom is 0.156 e. The molecule has 2 rings (SSSR count). The van der Waals surface area contributed by atoms with E-state index in [0.29, 0.717) is 11.5 Å². The van der Waals surface area contributed by atoms with Gasteiger partial charge in [-0.25, -0.2) is 8.42 Å². The second-order valence-corrected chi connectivity index (χ2v) is 6.68. The molecule has 0 aliphatic carbocycles. The highest BCUT2D eigenvalue weighted by Gasteiger charge is 2.30. The molecule has 5 heteroatoms. The molecule has 1 atom stereocenters. The number of hydrogen-bond donors (Lipinski definition) is 1. The fourth-order valence-electron chi connectivity index (χ4n) is 2.11. The van der Waals surface area contributed by atoms with Gasteiger partial charge in [-0.3, -0.25) is 0 Å². The maximum atomic E-state index is 11.3. The molecule has 0 bridgehead atoms. The molecule has 1 saturated heterocycles. The molecular formula is C12H18NO3S+. The molecule has 0 aromatic heterocycles. The number of methoxy groups -OCH3 is 1. The van der Waals surface area contributed by atoms with E-state index < -0.39 is 9.84 Å². The molecule has 0 amide bonds. The van der Waals surface area contributed by atoms with E-state index in [0.717, 1.165) is 24.3 Å². The van der Waals surface area contributed by atoms with E-state index >= 15 is 0 Å². The van der Waals surface area contributed by atoms with E-state index in [9.17, 15) is 8.42 Å². The topological polar surface area (TPSA) is 60.0 Å². The average molecular weight is 256 g/mol. The van der Waals surface area contributed by atoms with Crippen LogP contribution in [0.25, 0.3) is 0 Å². The minimum atomic E-state index is -2.77. The van der Waals surface area contributed by atoms with Crippen LogP contribution in [-0.4, -0.2) is 33.1 Å². The summed E-state index contributed by atoms with van der Waals surface area (Å²) in [6.07, 6.45) is 0.770. The summed E-state index contributed by atoms with van der Waals surface area (Å²) in [5.41, 5.74) is 1.16. The van der Waals surface area contributed by atoms with Crippen molar-refractivity contribution in [3.63, 3.8) is 0 Å². The van der Waals surface area contributed by atoms with Crippen molar-refractivity contribution in [2.75, 3.05) is 18.6 Å². The monoisotopic (exact) mass is 256 g/mol. The third-order valence-electron chi connectivity index (χ3n) is 3.09. The van der Waals surface area contributed by atoms with Crippen LogP contribution in [0.2, 0.25) is 0 Å². The highest BCUT2D eigenvalue weighted by Crippen LogP contribution is 2.12. The van der Waals surface area contributed by atoms with Gasteiger partial charge in [-0.2, -0.15) is 0 Å². The molecule has 0 unspecified atom stereocenters. The number of sulfone groups is 1. The van der Waals surface area contributed by atoms with Crippen molar-refractivity contribution >= 4 is 9.84 Å². The quantitative estimate of drug-likeness (QED) is 0.821. The molecule has 17 heavy (non-hydrogen) atoms. The summed E-state index contributed by atoms with van der Waals surface area (Å²) in [5.74, 6) is 1.50. The highest BCUT2D eigenvalue weighted by atomic mass is 32.2. The normalized spacial score (nSPS) is 22.5. The Hall–Kier alpha value is -1.07. The number of nitrogens with two attached hydrogens (primary N) is 1. The first-order valence-corrected chi connectivity index (χ1v) is 7.58. The molecule has 4 nitrogen and oxygen atoms in total. The molecule has 1 fully saturated rings. The lowest BCUT2D eigenvalue weighted by Gasteiger charge is -2.08. The number of quaternary nitrogens is 1. The van der Waals surface area contributed by atoms with Crippen LogP contribution in [0.1, 0.15) is 12.0 Å². The molecule has 94 valence electrons. The highest BCUT2D eigenvalue weighted by molar-refractivity contribution is 7.91. The first-order valence-electron chi connectivity index (χ1n) is 5.76. The van der Waals surface area contributed by atoms with Crippen LogP contribution in [0.4, 0.5) is 0 Å². The average Bonchev–Trinajstić information content (AvgIpc) is 2.67. The largest absolute Gasteiger partial charge is 0.497 e. The summed E-state index contributed by atoms with van der Waals surface area (Å²) in [7, 11) is -1.12. The lowest BCUT2D eigenvalue weighted by atomic mass is 10.2. The van der Waals surface area contributed by atoms with Crippen molar-refractivity contribution in [2.45, 2.75) is 19.0 Å². The van der Waals surface area contributed by atoms with Crippen LogP contribution in [0.3, 0.4) is 0 Å². The van der Waals surface area contributed by atoms with Gasteiger partial charge >= 0.3 is 0 Å². The molecule has 0 spiro atoms. The maximum absolute atomic E-state index is 11.3. The Kier molecular flexibility index (Phi) is 3.69. The van der Waals surface area contributed by atoms with E-state index in [2.05, 4.69) is 5.32 Å². The van der Waals surface area contributed by atoms with E-state index in [1.807, 2.05) is 24.3 Å². The zero-order valence-electron chi connectivity index (χ0n) is 9.93. The van der Waals surface area contributed by atoms with E-state index in [-0.39, 0.29) is 6.04 Å². The zero-order chi connectivity index (χ0) is 12.3. The second kappa shape index (κ2) is 5.06. The minimum Gasteiger partial charge on any atom is -0.497 e. The van der Waals surface area contributed by atoms with Gasteiger partial charge < -0.3 is 10.1 Å². The van der Waals surface area contributed by atoms with Gasteiger partial charge in [0.2, 0.25) is 0 Å². The fourth-order valence-corrected chi connectivity index (χ4v) is 3.90. The number of hydrogen-bond acceptors (Lipinski definition) is 3. The van der Waals surface area contributed by atoms with Gasteiger partial charge in [-0.15, -0.1) is 0 Å². The number of rotatable bonds is 4. The Morgan fingerprint density at radius 1 is 1.47 bits per heavy atom. The Bertz CT molecular complexity index is 484. The Balaban J connectivity index is 1.90. The first kappa shape index (κ1) is 12.4. The van der Waals surface area contributed by atoms with Gasteiger partial charge in [-0.1, -0.05) is 12.1 Å². The van der Waals surface area contributed by atoms with E-state index in [1.54, 1.807) is 7.11 Å². The van der Waals surface area contributed by atoms with Crippen LogP contribution in [0.15, 0.2) is 24.3 Å². The third-order valence-corrected chi connectivity index (χ3v) is 4.88. The Morgan fingerprint density at radius 3 is 2.94 bits per heavy atom. The molecule has 0 saturated carbocycles. The van der Waals surface area contributed by atoms with Gasteiger partial charge in [0.25, 0.3) is 0 Å². The van der Waals surface area contributed by atoms with Crippen LogP contribution >= 0.6 is 0 Å². The van der Waals surface area contributed by atoms with Crippen LogP contribution in [-0.2, 0) is 16.4 Å². The third kappa shape index (κ3) is 3.44. The molecule has 0 radical (unpaired) electrons. The predicted molar refractivity (Wildman–Crippen MR) is 65.7 cm³/mol. The molecule has 2 N–H and O–H groups in total. The second-order valence-electron chi connectivity index (χ2n) is 4.45. The van der Waals surface area contributed by atoms with Gasteiger partial charge in [0.1, 0.15) is 24.1 Å². The summed E-state index contributed by atoms with van der Waals surface area (Å²) in [6.45, 7) is 0.803. The van der Waals surface area contributed by atoms with Crippen molar-refractivity contribution < 1.29 is 18.5 Å². The lowest BCUT2D eigenvalue weighted by Crippen LogP contribution is -2.89. The lowest BCUT2D eigenvalue weighted by molar-refractivity contribution is -0.699. The molecule has 1 aromatic carbocycles. The minimum absolute atomic E-state index is 0.214. The summed E-state index contributed by atoms with van der Waals surface area (Å²) < 4.78 is 27.8. The summed E-state index contributed by atoms with van der Waals surface area (Å²) >= 11 is 0. The van der Waals surface area contributed by atoms with Gasteiger partial charge in [0, 0.05) is 12.0 Å². The Morgan fingerprint density at radius 2 is 2.29 bits per heavy atom. The molecule has 1 heterocycles. The van der Waals surface area contributed by atoms with Gasteiger partial charge in [0.05, 0.1) is 12.9 Å². The van der Waals surface area contributed by atoms with Crippen LogP contribution < -0.4 is 10.1 Å². The molecule has 1 aromatic rings. The van der Waals surface area contributed by atoms with Crippen molar-refractivity contribution in [1.82, 2.24) is 0 Å². The predicted octanol–water partition coefficient (Wildman–Crippen LogP) is -0.0543. The smallest absolute Gasteiger partial charge is 0.156 e. The van der Waals surface area contributed by atoms with Gasteiger partial charge in [0.15, 0.2) is 9.84 Å². The number of benzene rings is 1. The van der Waals surface area contributed by atoms with Gasteiger partial charge in [-0.05, 0) is 12.1 Å².